The summed E-state index contributed by atoms with van der Waals surface area (Å²) in [4.78, 5) is 17.0. The highest BCUT2D eigenvalue weighted by molar-refractivity contribution is 6.36. The number of aryl methyl sites for hydroxylation is 1. The number of ether oxygens (including phenoxy) is 3. The second-order valence-corrected chi connectivity index (χ2v) is 6.84. The van der Waals surface area contributed by atoms with Crippen LogP contribution in [0.2, 0.25) is 10.0 Å². The first-order chi connectivity index (χ1) is 12.4. The predicted molar refractivity (Wildman–Crippen MR) is 99.7 cm³/mol. The lowest BCUT2D eigenvalue weighted by molar-refractivity contribution is -0.382. The first kappa shape index (κ1) is 19.4. The van der Waals surface area contributed by atoms with Crippen LogP contribution in [0.5, 0.6) is 0 Å². The van der Waals surface area contributed by atoms with E-state index in [0.29, 0.717) is 38.1 Å². The van der Waals surface area contributed by atoms with Crippen molar-refractivity contribution in [2.75, 3.05) is 7.11 Å². The Balaban J connectivity index is 2.36. The second-order valence-electron chi connectivity index (χ2n) is 5.73. The van der Waals surface area contributed by atoms with Gasteiger partial charge in [-0.25, -0.2) is 4.79 Å². The molecule has 0 unspecified atom stereocenters. The van der Waals surface area contributed by atoms with Crippen molar-refractivity contribution in [2.45, 2.75) is 32.3 Å². The molecule has 0 N–H and O–H groups in total. The fraction of sp³-hybridized carbons (Fsp3) is 0.333. The van der Waals surface area contributed by atoms with Gasteiger partial charge in [0.25, 0.3) is 0 Å². The van der Waals surface area contributed by atoms with Gasteiger partial charge in [-0.2, -0.15) is 0 Å². The van der Waals surface area contributed by atoms with Crippen molar-refractivity contribution in [1.82, 2.24) is 4.98 Å². The topological polar surface area (TPSA) is 57.7 Å². The minimum Gasteiger partial charge on any atom is -0.465 e. The SMILES string of the molecule is COC(=O)c1c(C)nc(CCl)c(C2OC(C)O2)c1-c1ccc(Cl)cc1Cl. The smallest absolute Gasteiger partial charge is 0.340 e. The minimum atomic E-state index is -0.697. The van der Waals surface area contributed by atoms with Gasteiger partial charge >= 0.3 is 5.97 Å². The number of carbonyl (C=O) groups is 1. The molecule has 0 spiro atoms. The Morgan fingerprint density at radius 1 is 1.31 bits per heavy atom. The van der Waals surface area contributed by atoms with Gasteiger partial charge in [0, 0.05) is 26.7 Å². The number of benzene rings is 1. The standard InChI is InChI=1S/C18H16Cl3NO4/c1-8-14(17(23)24-3)15(11-5-4-10(20)6-12(11)21)16(13(7-19)22-8)18-25-9(2)26-18/h4-6,9,18H,7H2,1-3H3. The Bertz CT molecular complexity index is 866. The molecule has 138 valence electrons. The van der Waals surface area contributed by atoms with E-state index in [2.05, 4.69) is 4.98 Å². The molecular weight excluding hydrogens is 401 g/mol. The fourth-order valence-electron chi connectivity index (χ4n) is 2.95. The van der Waals surface area contributed by atoms with Crippen LogP contribution in [0.25, 0.3) is 11.1 Å². The van der Waals surface area contributed by atoms with E-state index in [1.165, 1.54) is 7.11 Å². The summed E-state index contributed by atoms with van der Waals surface area (Å²) in [6, 6.07) is 5.02. The molecule has 0 amide bonds. The third-order valence-corrected chi connectivity index (χ3v) is 4.88. The predicted octanol–water partition coefficient (Wildman–Crippen LogP) is 5.28. The molecule has 1 aromatic carbocycles. The highest BCUT2D eigenvalue weighted by Crippen LogP contribution is 2.44. The lowest BCUT2D eigenvalue weighted by Crippen LogP contribution is -2.33. The van der Waals surface area contributed by atoms with Crippen molar-refractivity contribution in [3.05, 3.63) is 50.8 Å². The molecule has 26 heavy (non-hydrogen) atoms. The number of hydrogen-bond donors (Lipinski definition) is 0. The van der Waals surface area contributed by atoms with Crippen LogP contribution in [0.4, 0.5) is 0 Å². The Kier molecular flexibility index (Phi) is 5.75. The molecule has 0 radical (unpaired) electrons. The molecule has 0 saturated carbocycles. The lowest BCUT2D eigenvalue weighted by Gasteiger charge is -2.36. The van der Waals surface area contributed by atoms with Crippen LogP contribution in [-0.4, -0.2) is 24.4 Å². The molecule has 3 rings (SSSR count). The zero-order chi connectivity index (χ0) is 19.0. The van der Waals surface area contributed by atoms with Crippen molar-refractivity contribution < 1.29 is 19.0 Å². The van der Waals surface area contributed by atoms with E-state index >= 15 is 0 Å². The average Bonchev–Trinajstić information content (AvgIpc) is 2.58. The van der Waals surface area contributed by atoms with E-state index in [0.717, 1.165) is 0 Å². The summed E-state index contributed by atoms with van der Waals surface area (Å²) in [6.45, 7) is 3.49. The zero-order valence-corrected chi connectivity index (χ0v) is 16.6. The fourth-order valence-corrected chi connectivity index (χ4v) is 3.66. The third-order valence-electron chi connectivity index (χ3n) is 4.08. The van der Waals surface area contributed by atoms with Crippen molar-refractivity contribution in [3.8, 4) is 11.1 Å². The summed E-state index contributed by atoms with van der Waals surface area (Å²) < 4.78 is 16.3. The summed E-state index contributed by atoms with van der Waals surface area (Å²) in [5.41, 5.74) is 2.99. The summed E-state index contributed by atoms with van der Waals surface area (Å²) in [5, 5.41) is 0.857. The highest BCUT2D eigenvalue weighted by Gasteiger charge is 2.36. The number of esters is 1. The molecule has 1 fully saturated rings. The van der Waals surface area contributed by atoms with E-state index in [4.69, 9.17) is 49.0 Å². The molecule has 8 heteroatoms. The van der Waals surface area contributed by atoms with Crippen molar-refractivity contribution >= 4 is 40.8 Å². The number of methoxy groups -OCH3 is 1. The number of nitrogens with zero attached hydrogens (tertiary/aromatic N) is 1. The van der Waals surface area contributed by atoms with Gasteiger partial charge < -0.3 is 14.2 Å². The van der Waals surface area contributed by atoms with Gasteiger partial charge in [-0.05, 0) is 26.0 Å². The maximum Gasteiger partial charge on any atom is 0.340 e. The molecule has 0 bridgehead atoms. The summed E-state index contributed by atoms with van der Waals surface area (Å²) in [5.74, 6) is -0.418. The Hall–Kier alpha value is -1.37. The summed E-state index contributed by atoms with van der Waals surface area (Å²) in [6.07, 6.45) is -1.06. The summed E-state index contributed by atoms with van der Waals surface area (Å²) in [7, 11) is 1.31. The van der Waals surface area contributed by atoms with E-state index in [9.17, 15) is 4.79 Å². The van der Waals surface area contributed by atoms with Gasteiger partial charge in [-0.15, -0.1) is 11.6 Å². The van der Waals surface area contributed by atoms with E-state index in [1.54, 1.807) is 32.0 Å². The first-order valence-corrected chi connectivity index (χ1v) is 9.10. The van der Waals surface area contributed by atoms with Crippen LogP contribution in [0.1, 0.15) is 40.5 Å². The van der Waals surface area contributed by atoms with Crippen LogP contribution in [0.3, 0.4) is 0 Å². The largest absolute Gasteiger partial charge is 0.465 e. The minimum absolute atomic E-state index is 0.118. The number of alkyl halides is 1. The Morgan fingerprint density at radius 3 is 2.54 bits per heavy atom. The van der Waals surface area contributed by atoms with Gasteiger partial charge in [0.15, 0.2) is 12.6 Å². The van der Waals surface area contributed by atoms with Crippen LogP contribution < -0.4 is 0 Å². The van der Waals surface area contributed by atoms with Gasteiger partial charge in [0.2, 0.25) is 0 Å². The maximum atomic E-state index is 12.5. The number of carbonyl (C=O) groups excluding carboxylic acids is 1. The third kappa shape index (κ3) is 3.42. The van der Waals surface area contributed by atoms with E-state index in [1.807, 2.05) is 0 Å². The van der Waals surface area contributed by atoms with Crippen LogP contribution in [-0.2, 0) is 20.1 Å². The molecule has 1 aliphatic rings. The monoisotopic (exact) mass is 415 g/mol. The molecule has 2 aromatic rings. The van der Waals surface area contributed by atoms with Gasteiger partial charge in [0.1, 0.15) is 0 Å². The molecule has 2 heterocycles. The second kappa shape index (κ2) is 7.71. The Labute approximate surface area is 166 Å². The van der Waals surface area contributed by atoms with Gasteiger partial charge in [0.05, 0.1) is 29.9 Å². The van der Waals surface area contributed by atoms with Crippen LogP contribution in [0.15, 0.2) is 18.2 Å². The number of pyridine rings is 1. The number of halogens is 3. The molecule has 5 nitrogen and oxygen atoms in total. The molecule has 1 aliphatic heterocycles. The lowest BCUT2D eigenvalue weighted by atomic mass is 9.91. The van der Waals surface area contributed by atoms with Crippen LogP contribution >= 0.6 is 34.8 Å². The number of aromatic nitrogens is 1. The number of rotatable bonds is 4. The van der Waals surface area contributed by atoms with Crippen molar-refractivity contribution in [2.24, 2.45) is 0 Å². The quantitative estimate of drug-likeness (QED) is 0.501. The van der Waals surface area contributed by atoms with Crippen molar-refractivity contribution in [1.29, 1.82) is 0 Å². The van der Waals surface area contributed by atoms with E-state index in [-0.39, 0.29) is 17.7 Å². The number of hydrogen-bond acceptors (Lipinski definition) is 5. The highest BCUT2D eigenvalue weighted by atomic mass is 35.5. The van der Waals surface area contributed by atoms with Crippen molar-refractivity contribution in [3.63, 3.8) is 0 Å². The zero-order valence-electron chi connectivity index (χ0n) is 14.3. The molecule has 0 aliphatic carbocycles. The van der Waals surface area contributed by atoms with E-state index < -0.39 is 12.3 Å². The van der Waals surface area contributed by atoms with Gasteiger partial charge in [-0.3, -0.25) is 4.98 Å². The Morgan fingerprint density at radius 2 is 2.00 bits per heavy atom. The average molecular weight is 417 g/mol. The van der Waals surface area contributed by atoms with Crippen LogP contribution in [0, 0.1) is 6.92 Å². The molecule has 0 atom stereocenters. The normalized spacial score (nSPS) is 19.2. The first-order valence-electron chi connectivity index (χ1n) is 7.81. The molecule has 1 aromatic heterocycles. The molecular formula is C18H16Cl3NO4. The van der Waals surface area contributed by atoms with Gasteiger partial charge in [-0.1, -0.05) is 29.3 Å². The molecule has 1 saturated heterocycles. The maximum absolute atomic E-state index is 12.5. The summed E-state index contributed by atoms with van der Waals surface area (Å²) >= 11 is 18.6.